The van der Waals surface area contributed by atoms with E-state index in [0.29, 0.717) is 11.3 Å². The van der Waals surface area contributed by atoms with Crippen LogP contribution in [0.15, 0.2) is 72.4 Å². The second-order valence-corrected chi connectivity index (χ2v) is 8.00. The lowest BCUT2D eigenvalue weighted by molar-refractivity contribution is -0.137. The smallest absolute Gasteiger partial charge is 0.350 e. The van der Waals surface area contributed by atoms with Gasteiger partial charge in [0.05, 0.1) is 16.8 Å². The second kappa shape index (κ2) is 8.24. The van der Waals surface area contributed by atoms with E-state index in [1.807, 2.05) is 26.0 Å². The van der Waals surface area contributed by atoms with E-state index in [2.05, 4.69) is 5.32 Å². The van der Waals surface area contributed by atoms with Crippen LogP contribution in [0.25, 0.3) is 5.57 Å². The molecular weight excluding hydrogens is 429 g/mol. The van der Waals surface area contributed by atoms with E-state index in [-0.39, 0.29) is 17.0 Å². The van der Waals surface area contributed by atoms with Crippen molar-refractivity contribution in [3.05, 3.63) is 100 Å². The lowest BCUT2D eigenvalue weighted by Gasteiger charge is -2.18. The summed E-state index contributed by atoms with van der Waals surface area (Å²) in [5.74, 6) is -1.16. The molecule has 0 saturated heterocycles. The summed E-state index contributed by atoms with van der Waals surface area (Å²) in [5, 5.41) is 2.81. The molecule has 0 aromatic heterocycles. The Balaban J connectivity index is 1.87. The van der Waals surface area contributed by atoms with Gasteiger partial charge in [0.15, 0.2) is 0 Å². The third-order valence-corrected chi connectivity index (χ3v) is 5.55. The van der Waals surface area contributed by atoms with Gasteiger partial charge in [-0.25, -0.2) is 4.90 Å². The van der Waals surface area contributed by atoms with E-state index >= 15 is 0 Å². The van der Waals surface area contributed by atoms with Crippen LogP contribution in [-0.2, 0) is 15.8 Å². The Labute approximate surface area is 189 Å². The molecule has 2 amide bonds. The first-order chi connectivity index (χ1) is 15.6. The fraction of sp³-hybridized carbons (Fsp3) is 0.154. The maximum absolute atomic E-state index is 13.6. The molecule has 3 aromatic rings. The number of alkyl halides is 3. The number of anilines is 2. The number of carbonyl (C=O) groups is 2. The van der Waals surface area contributed by atoms with Gasteiger partial charge in [0, 0.05) is 5.69 Å². The summed E-state index contributed by atoms with van der Waals surface area (Å²) in [6.45, 7) is 5.52. The standard InChI is InChI=1S/C26H21F3N2O2/c1-15-11-12-20(17(3)13-15)22-23(30-19-9-6-8-18(14-19)26(27,28)29)25(33)31(24(22)32)21-10-5-4-7-16(21)2/h4-14,30H,1-3H3. The fourth-order valence-electron chi connectivity index (χ4n) is 3.94. The zero-order chi connectivity index (χ0) is 23.9. The van der Waals surface area contributed by atoms with Gasteiger partial charge in [-0.2, -0.15) is 13.2 Å². The molecule has 0 bridgehead atoms. The molecule has 4 rings (SSSR count). The van der Waals surface area contributed by atoms with Gasteiger partial charge in [0.25, 0.3) is 11.8 Å². The van der Waals surface area contributed by atoms with Crippen molar-refractivity contribution in [2.24, 2.45) is 0 Å². The van der Waals surface area contributed by atoms with Crippen molar-refractivity contribution in [1.82, 2.24) is 0 Å². The van der Waals surface area contributed by atoms with Crippen LogP contribution in [-0.4, -0.2) is 11.8 Å². The number of imide groups is 1. The molecule has 33 heavy (non-hydrogen) atoms. The molecule has 3 aromatic carbocycles. The maximum atomic E-state index is 13.6. The van der Waals surface area contributed by atoms with Gasteiger partial charge in [0.2, 0.25) is 0 Å². The van der Waals surface area contributed by atoms with Crippen molar-refractivity contribution in [2.75, 3.05) is 10.2 Å². The number of benzene rings is 3. The number of para-hydroxylation sites is 1. The molecule has 0 aliphatic carbocycles. The molecule has 1 aliphatic heterocycles. The Morgan fingerprint density at radius 1 is 0.788 bits per heavy atom. The molecule has 0 fully saturated rings. The molecule has 1 N–H and O–H groups in total. The summed E-state index contributed by atoms with van der Waals surface area (Å²) in [6, 6.07) is 17.0. The first-order valence-electron chi connectivity index (χ1n) is 10.3. The molecule has 0 atom stereocenters. The number of carbonyl (C=O) groups excluding carboxylic acids is 2. The molecule has 7 heteroatoms. The van der Waals surface area contributed by atoms with Crippen molar-refractivity contribution >= 4 is 28.8 Å². The third-order valence-electron chi connectivity index (χ3n) is 5.55. The van der Waals surface area contributed by atoms with Crippen LogP contribution in [0, 0.1) is 20.8 Å². The van der Waals surface area contributed by atoms with Gasteiger partial charge in [-0.15, -0.1) is 0 Å². The van der Waals surface area contributed by atoms with E-state index in [1.165, 1.54) is 12.1 Å². The second-order valence-electron chi connectivity index (χ2n) is 8.00. The minimum atomic E-state index is -4.54. The topological polar surface area (TPSA) is 49.4 Å². The monoisotopic (exact) mass is 450 g/mol. The number of aryl methyl sites for hydroxylation is 3. The first kappa shape index (κ1) is 22.3. The average molecular weight is 450 g/mol. The Morgan fingerprint density at radius 3 is 2.18 bits per heavy atom. The highest BCUT2D eigenvalue weighted by atomic mass is 19.4. The SMILES string of the molecule is Cc1ccc(C2=C(Nc3cccc(C(F)(F)F)c3)C(=O)N(c3ccccc3C)C2=O)c(C)c1. The van der Waals surface area contributed by atoms with Gasteiger partial charge in [-0.05, 0) is 61.7 Å². The van der Waals surface area contributed by atoms with Crippen molar-refractivity contribution in [2.45, 2.75) is 26.9 Å². The van der Waals surface area contributed by atoms with Crippen molar-refractivity contribution < 1.29 is 22.8 Å². The molecule has 0 spiro atoms. The molecule has 168 valence electrons. The van der Waals surface area contributed by atoms with E-state index in [1.54, 1.807) is 37.3 Å². The van der Waals surface area contributed by atoms with Crippen LogP contribution < -0.4 is 10.2 Å². The predicted octanol–water partition coefficient (Wildman–Crippen LogP) is 6.03. The summed E-state index contributed by atoms with van der Waals surface area (Å²) in [6.07, 6.45) is -4.54. The van der Waals surface area contributed by atoms with Crippen LogP contribution >= 0.6 is 0 Å². The molecule has 0 unspecified atom stereocenters. The Hall–Kier alpha value is -3.87. The van der Waals surface area contributed by atoms with Crippen molar-refractivity contribution in [3.63, 3.8) is 0 Å². The third kappa shape index (κ3) is 4.14. The molecule has 1 heterocycles. The van der Waals surface area contributed by atoms with Crippen molar-refractivity contribution in [3.8, 4) is 0 Å². The summed E-state index contributed by atoms with van der Waals surface area (Å²) >= 11 is 0. The Morgan fingerprint density at radius 2 is 1.52 bits per heavy atom. The number of nitrogens with zero attached hydrogens (tertiary/aromatic N) is 1. The van der Waals surface area contributed by atoms with Crippen LogP contribution in [0.3, 0.4) is 0 Å². The molecule has 1 aliphatic rings. The number of halogens is 3. The summed E-state index contributed by atoms with van der Waals surface area (Å²) in [4.78, 5) is 28.1. The van der Waals surface area contributed by atoms with E-state index < -0.39 is 23.6 Å². The summed E-state index contributed by atoms with van der Waals surface area (Å²) in [7, 11) is 0. The van der Waals surface area contributed by atoms with Gasteiger partial charge < -0.3 is 5.32 Å². The molecule has 4 nitrogen and oxygen atoms in total. The van der Waals surface area contributed by atoms with E-state index in [0.717, 1.165) is 33.7 Å². The molecule has 0 radical (unpaired) electrons. The highest BCUT2D eigenvalue weighted by Crippen LogP contribution is 2.37. The normalized spacial score (nSPS) is 14.3. The van der Waals surface area contributed by atoms with Gasteiger partial charge in [-0.3, -0.25) is 9.59 Å². The summed E-state index contributed by atoms with van der Waals surface area (Å²) in [5.41, 5.74) is 2.73. The lowest BCUT2D eigenvalue weighted by Crippen LogP contribution is -2.33. The Bertz CT molecular complexity index is 1310. The van der Waals surface area contributed by atoms with Gasteiger partial charge in [0.1, 0.15) is 5.70 Å². The number of nitrogens with one attached hydrogen (secondary N) is 1. The van der Waals surface area contributed by atoms with Crippen LogP contribution in [0.2, 0.25) is 0 Å². The van der Waals surface area contributed by atoms with E-state index in [9.17, 15) is 22.8 Å². The fourth-order valence-corrected chi connectivity index (χ4v) is 3.94. The van der Waals surface area contributed by atoms with Crippen LogP contribution in [0.1, 0.15) is 27.8 Å². The average Bonchev–Trinajstić information content (AvgIpc) is 2.98. The van der Waals surface area contributed by atoms with Gasteiger partial charge in [-0.1, -0.05) is 48.0 Å². The van der Waals surface area contributed by atoms with E-state index in [4.69, 9.17) is 0 Å². The highest BCUT2D eigenvalue weighted by Gasteiger charge is 2.41. The quantitative estimate of drug-likeness (QED) is 0.494. The molecular formula is C26H21F3N2O2. The number of rotatable bonds is 4. The summed E-state index contributed by atoms with van der Waals surface area (Å²) < 4.78 is 39.6. The number of amides is 2. The number of hydrogen-bond donors (Lipinski definition) is 1. The zero-order valence-corrected chi connectivity index (χ0v) is 18.2. The van der Waals surface area contributed by atoms with Crippen molar-refractivity contribution in [1.29, 1.82) is 0 Å². The largest absolute Gasteiger partial charge is 0.416 e. The molecule has 0 saturated carbocycles. The lowest BCUT2D eigenvalue weighted by atomic mass is 9.97. The highest BCUT2D eigenvalue weighted by molar-refractivity contribution is 6.46. The van der Waals surface area contributed by atoms with Gasteiger partial charge >= 0.3 is 6.18 Å². The minimum Gasteiger partial charge on any atom is -0.350 e. The minimum absolute atomic E-state index is 0.0606. The zero-order valence-electron chi connectivity index (χ0n) is 18.2. The number of hydrogen-bond acceptors (Lipinski definition) is 3. The van der Waals surface area contributed by atoms with Crippen LogP contribution in [0.4, 0.5) is 24.5 Å². The predicted molar refractivity (Wildman–Crippen MR) is 122 cm³/mol. The Kier molecular flexibility index (Phi) is 5.57. The maximum Gasteiger partial charge on any atom is 0.416 e. The van der Waals surface area contributed by atoms with Crippen LogP contribution in [0.5, 0.6) is 0 Å². The first-order valence-corrected chi connectivity index (χ1v) is 10.3.